The fourth-order valence-corrected chi connectivity index (χ4v) is 5.43. The summed E-state index contributed by atoms with van der Waals surface area (Å²) in [6, 6.07) is 15.1. The van der Waals surface area contributed by atoms with Crippen LogP contribution in [-0.2, 0) is 0 Å². The molecule has 0 bridgehead atoms. The molecule has 0 radical (unpaired) electrons. The zero-order chi connectivity index (χ0) is 24.5. The first-order valence-corrected chi connectivity index (χ1v) is 13.1. The number of likely N-dealkylation sites (tertiary alicyclic amines) is 1. The number of fused-ring (bicyclic) bond motifs is 1. The molecule has 0 amide bonds. The Hall–Kier alpha value is -2.05. The molecule has 3 atom stereocenters. The first-order valence-electron chi connectivity index (χ1n) is 12.4. The van der Waals surface area contributed by atoms with Gasteiger partial charge in [-0.25, -0.2) is 4.39 Å². The van der Waals surface area contributed by atoms with E-state index in [1.807, 2.05) is 36.4 Å². The number of piperidine rings is 1. The number of hydrogen-bond acceptors (Lipinski definition) is 4. The van der Waals surface area contributed by atoms with Crippen LogP contribution in [-0.4, -0.2) is 31.1 Å². The maximum absolute atomic E-state index is 14.2. The van der Waals surface area contributed by atoms with E-state index >= 15 is 0 Å². The van der Waals surface area contributed by atoms with Crippen LogP contribution in [0.5, 0.6) is 0 Å². The van der Waals surface area contributed by atoms with Crippen LogP contribution in [0.1, 0.15) is 51.0 Å². The van der Waals surface area contributed by atoms with E-state index < -0.39 is 0 Å². The van der Waals surface area contributed by atoms with E-state index in [0.29, 0.717) is 28.3 Å². The van der Waals surface area contributed by atoms with Crippen molar-refractivity contribution >= 4 is 17.8 Å². The molecule has 186 valence electrons. The van der Waals surface area contributed by atoms with E-state index in [9.17, 15) is 8.28 Å². The van der Waals surface area contributed by atoms with E-state index in [-0.39, 0.29) is 23.9 Å². The van der Waals surface area contributed by atoms with Gasteiger partial charge in [0.2, 0.25) is 0 Å². The number of anilines is 1. The average molecular weight is 488 g/mol. The van der Waals surface area contributed by atoms with Gasteiger partial charge in [-0.15, -0.1) is 0 Å². The van der Waals surface area contributed by atoms with Gasteiger partial charge in [-0.2, -0.15) is 3.89 Å². The maximum Gasteiger partial charge on any atom is 0.147 e. The van der Waals surface area contributed by atoms with Crippen molar-refractivity contribution in [1.29, 1.82) is 0 Å². The highest BCUT2D eigenvalue weighted by Crippen LogP contribution is 2.41. The Morgan fingerprint density at radius 3 is 2.35 bits per heavy atom. The minimum absolute atomic E-state index is 0.112. The molecule has 4 rings (SSSR count). The van der Waals surface area contributed by atoms with Gasteiger partial charge in [-0.05, 0) is 74.2 Å². The zero-order valence-corrected chi connectivity index (χ0v) is 21.3. The number of nitrogens with zero attached hydrogens (tertiary/aromatic N) is 1. The van der Waals surface area contributed by atoms with Gasteiger partial charge in [0, 0.05) is 29.6 Å². The highest BCUT2D eigenvalue weighted by molar-refractivity contribution is 7.94. The van der Waals surface area contributed by atoms with Gasteiger partial charge in [-0.3, -0.25) is 0 Å². The monoisotopic (exact) mass is 487 g/mol. The van der Waals surface area contributed by atoms with Crippen molar-refractivity contribution in [3.63, 3.8) is 0 Å². The quantitative estimate of drug-likeness (QED) is 0.432. The zero-order valence-electron chi connectivity index (χ0n) is 20.5. The van der Waals surface area contributed by atoms with Gasteiger partial charge in [0.1, 0.15) is 5.82 Å². The lowest BCUT2D eigenvalue weighted by Crippen LogP contribution is -2.38. The van der Waals surface area contributed by atoms with Crippen LogP contribution in [0, 0.1) is 23.6 Å². The van der Waals surface area contributed by atoms with Crippen molar-refractivity contribution in [2.75, 3.05) is 31.5 Å². The minimum Gasteiger partial charge on any atom is -0.402 e. The number of benzene rings is 2. The molecule has 3 N–H and O–H groups in total. The Labute approximate surface area is 208 Å². The summed E-state index contributed by atoms with van der Waals surface area (Å²) < 4.78 is 27.2. The number of halogens is 2. The largest absolute Gasteiger partial charge is 0.402 e. The van der Waals surface area contributed by atoms with Crippen LogP contribution in [0.3, 0.4) is 0 Å². The van der Waals surface area contributed by atoms with Gasteiger partial charge < -0.3 is 16.0 Å². The molecule has 1 saturated heterocycles. The second-order valence-electron chi connectivity index (χ2n) is 9.86. The van der Waals surface area contributed by atoms with Gasteiger partial charge in [0.25, 0.3) is 0 Å². The van der Waals surface area contributed by atoms with E-state index in [2.05, 4.69) is 30.6 Å². The van der Waals surface area contributed by atoms with E-state index in [4.69, 9.17) is 5.73 Å². The number of nitrogens with two attached hydrogens (primary N) is 1. The standard InChI is InChI=1S/C22H33F2N3S.C6H6/c1-14(13-27-8-6-17(7-9-27)16(3)25)4-5-18-12-26-22-20(15(18)2)10-19(28-24)11-21(22)23;1-2-4-6-5-3-1/h10-11,14-15,17-18,26H,3-9,12-13,25H2,1-2H3;1-6H. The third kappa shape index (κ3) is 7.47. The molecule has 1 fully saturated rings. The first-order chi connectivity index (χ1) is 16.4. The van der Waals surface area contributed by atoms with Gasteiger partial charge >= 0.3 is 0 Å². The molecule has 0 spiro atoms. The number of hydrogen-bond donors (Lipinski definition) is 2. The molecule has 2 heterocycles. The van der Waals surface area contributed by atoms with Crippen molar-refractivity contribution in [2.24, 2.45) is 23.5 Å². The summed E-state index contributed by atoms with van der Waals surface area (Å²) in [5, 5.41) is 3.25. The lowest BCUT2D eigenvalue weighted by Gasteiger charge is -2.35. The summed E-state index contributed by atoms with van der Waals surface area (Å²) in [6.07, 6.45) is 4.47. The van der Waals surface area contributed by atoms with Crippen LogP contribution in [0.15, 0.2) is 65.7 Å². The van der Waals surface area contributed by atoms with Crippen molar-refractivity contribution in [3.05, 3.63) is 72.2 Å². The topological polar surface area (TPSA) is 41.3 Å². The molecule has 6 heteroatoms. The summed E-state index contributed by atoms with van der Waals surface area (Å²) in [4.78, 5) is 2.89. The second kappa shape index (κ2) is 13.1. The first kappa shape index (κ1) is 26.6. The Morgan fingerprint density at radius 1 is 1.18 bits per heavy atom. The summed E-state index contributed by atoms with van der Waals surface area (Å²) in [5.74, 6) is 1.43. The summed E-state index contributed by atoms with van der Waals surface area (Å²) in [7, 11) is 0. The van der Waals surface area contributed by atoms with Crippen LogP contribution in [0.25, 0.3) is 0 Å². The van der Waals surface area contributed by atoms with Crippen LogP contribution < -0.4 is 11.1 Å². The van der Waals surface area contributed by atoms with E-state index in [1.54, 1.807) is 6.07 Å². The summed E-state index contributed by atoms with van der Waals surface area (Å²) in [6.45, 7) is 12.5. The molecule has 3 nitrogen and oxygen atoms in total. The molecule has 2 aliphatic rings. The van der Waals surface area contributed by atoms with Crippen molar-refractivity contribution in [3.8, 4) is 0 Å². The number of rotatable bonds is 7. The molecule has 2 aromatic carbocycles. The number of nitrogens with one attached hydrogen (secondary N) is 1. The normalized spacial score (nSPS) is 21.5. The van der Waals surface area contributed by atoms with Gasteiger partial charge in [0.15, 0.2) is 0 Å². The van der Waals surface area contributed by atoms with E-state index in [0.717, 1.165) is 63.1 Å². The van der Waals surface area contributed by atoms with Crippen LogP contribution in [0.2, 0.25) is 0 Å². The molecule has 0 aromatic heterocycles. The number of allylic oxidation sites excluding steroid dienone is 1. The van der Waals surface area contributed by atoms with Crippen molar-refractivity contribution in [1.82, 2.24) is 4.90 Å². The third-order valence-corrected chi connectivity index (χ3v) is 7.71. The predicted octanol–water partition coefficient (Wildman–Crippen LogP) is 7.23. The summed E-state index contributed by atoms with van der Waals surface area (Å²) in [5.41, 5.74) is 8.15. The Bertz CT molecular complexity index is 873. The molecule has 2 aliphatic heterocycles. The highest BCUT2D eigenvalue weighted by atomic mass is 32.2. The van der Waals surface area contributed by atoms with Crippen LogP contribution >= 0.6 is 12.1 Å². The molecule has 3 unspecified atom stereocenters. The minimum atomic E-state index is -0.347. The van der Waals surface area contributed by atoms with Crippen molar-refractivity contribution < 1.29 is 8.28 Å². The smallest absolute Gasteiger partial charge is 0.147 e. The summed E-state index contributed by atoms with van der Waals surface area (Å²) >= 11 is 0.112. The molecular weight excluding hydrogens is 448 g/mol. The van der Waals surface area contributed by atoms with Crippen molar-refractivity contribution in [2.45, 2.75) is 50.3 Å². The lowest BCUT2D eigenvalue weighted by molar-refractivity contribution is 0.169. The predicted molar refractivity (Wildman–Crippen MR) is 141 cm³/mol. The maximum atomic E-state index is 14.2. The second-order valence-corrected chi connectivity index (χ2v) is 10.5. The molecule has 34 heavy (non-hydrogen) atoms. The third-order valence-electron chi connectivity index (χ3n) is 7.30. The lowest BCUT2D eigenvalue weighted by atomic mass is 9.79. The molecule has 0 saturated carbocycles. The van der Waals surface area contributed by atoms with Crippen LogP contribution in [0.4, 0.5) is 14.0 Å². The Balaban J connectivity index is 0.000000469. The Morgan fingerprint density at radius 2 is 1.79 bits per heavy atom. The molecule has 0 aliphatic carbocycles. The highest BCUT2D eigenvalue weighted by Gasteiger charge is 2.29. The fraction of sp³-hybridized carbons (Fsp3) is 0.500. The Kier molecular flexibility index (Phi) is 10.3. The van der Waals surface area contributed by atoms with Gasteiger partial charge in [-0.1, -0.05) is 56.8 Å². The molecular formula is C28H39F2N3S. The molecule has 2 aromatic rings. The fourth-order valence-electron chi connectivity index (χ4n) is 5.11. The average Bonchev–Trinajstić information content (AvgIpc) is 2.85. The van der Waals surface area contributed by atoms with Gasteiger partial charge in [0.05, 0.1) is 17.8 Å². The van der Waals surface area contributed by atoms with E-state index in [1.165, 1.54) is 6.07 Å². The SMILES string of the molecule is C=C(N)C1CCN(CC(C)CCC2CNc3c(F)cc(SF)cc3C2C)CC1.c1ccccc1.